The molecule has 0 radical (unpaired) electrons. The number of hydrogen-bond acceptors (Lipinski definition) is 4. The molecule has 4 nitrogen and oxygen atoms in total. The van der Waals surface area contributed by atoms with Crippen LogP contribution in [0.25, 0.3) is 0 Å². The molecule has 0 aromatic heterocycles. The molecule has 0 aliphatic rings. The molecule has 0 unspecified atom stereocenters. The highest BCUT2D eigenvalue weighted by Crippen LogP contribution is 2.17. The molecule has 88 valence electrons. The van der Waals surface area contributed by atoms with Crippen LogP contribution >= 0.6 is 0 Å². The zero-order valence-corrected chi connectivity index (χ0v) is 12.2. The monoisotopic (exact) mass is 256 g/mol. The molecule has 0 bridgehead atoms. The quantitative estimate of drug-likeness (QED) is 0.752. The minimum absolute atomic E-state index is 0. The lowest BCUT2D eigenvalue weighted by Gasteiger charge is -2.33. The van der Waals surface area contributed by atoms with Gasteiger partial charge in [0, 0.05) is 0 Å². The Labute approximate surface area is 90.6 Å². The first kappa shape index (κ1) is 16.9. The highest BCUT2D eigenvalue weighted by Gasteiger charge is 2.38. The molecule has 0 saturated carbocycles. The SMILES string of the molecule is C.C[Si](C)(O)O[Si](C)(C)O[Si](C)(C)O. The predicted molar refractivity (Wildman–Crippen MR) is 65.8 cm³/mol. The van der Waals surface area contributed by atoms with E-state index < -0.39 is 25.7 Å². The molecule has 2 N–H and O–H groups in total. The molecule has 7 heteroatoms. The van der Waals surface area contributed by atoms with Crippen molar-refractivity contribution in [2.45, 2.75) is 46.7 Å². The van der Waals surface area contributed by atoms with Gasteiger partial charge in [0.2, 0.25) is 0 Å². The molecule has 0 spiro atoms. The van der Waals surface area contributed by atoms with Gasteiger partial charge in [0.25, 0.3) is 0 Å². The summed E-state index contributed by atoms with van der Waals surface area (Å²) in [5.74, 6) is 0. The maximum Gasteiger partial charge on any atom is 0.320 e. The molecule has 0 aliphatic heterocycles. The van der Waals surface area contributed by atoms with Crippen LogP contribution in [0.4, 0.5) is 0 Å². The largest absolute Gasteiger partial charge is 0.416 e. The maximum atomic E-state index is 9.56. The van der Waals surface area contributed by atoms with E-state index in [2.05, 4.69) is 0 Å². The minimum atomic E-state index is -2.54. The first-order valence-electron chi connectivity index (χ1n) is 4.26. The third-order valence-corrected chi connectivity index (χ3v) is 8.92. The van der Waals surface area contributed by atoms with Crippen molar-refractivity contribution in [2.24, 2.45) is 0 Å². The smallest absolute Gasteiger partial charge is 0.320 e. The van der Waals surface area contributed by atoms with Crippen LogP contribution in [0.1, 0.15) is 7.43 Å². The van der Waals surface area contributed by atoms with Crippen LogP contribution in [-0.4, -0.2) is 35.3 Å². The van der Waals surface area contributed by atoms with Gasteiger partial charge in [-0.25, -0.2) is 0 Å². The van der Waals surface area contributed by atoms with Crippen LogP contribution in [0.3, 0.4) is 0 Å². The summed E-state index contributed by atoms with van der Waals surface area (Å²) in [6.07, 6.45) is 0. The first-order chi connectivity index (χ1) is 5.41. The Balaban J connectivity index is 0. The van der Waals surface area contributed by atoms with E-state index in [1.54, 1.807) is 26.2 Å². The summed E-state index contributed by atoms with van der Waals surface area (Å²) >= 11 is 0. The van der Waals surface area contributed by atoms with Crippen LogP contribution < -0.4 is 0 Å². The highest BCUT2D eigenvalue weighted by molar-refractivity contribution is 6.83. The molecule has 0 saturated heterocycles. The second-order valence-electron chi connectivity index (χ2n) is 4.50. The summed E-state index contributed by atoms with van der Waals surface area (Å²) in [6.45, 7) is 10.4. The fraction of sp³-hybridized carbons (Fsp3) is 1.00. The molecule has 14 heavy (non-hydrogen) atoms. The standard InChI is InChI=1S/C6H20O4Si3.CH4/c1-11(2,7)9-13(5,6)10-12(3,4)8;/h7-8H,1-6H3;1H4. The Kier molecular flexibility index (Phi) is 6.05. The third-order valence-electron chi connectivity index (χ3n) is 0.991. The average Bonchev–Trinajstić information content (AvgIpc) is 1.43. The Morgan fingerprint density at radius 1 is 0.714 bits per heavy atom. The Hall–Kier alpha value is 0.491. The van der Waals surface area contributed by atoms with E-state index in [-0.39, 0.29) is 7.43 Å². The molecule has 0 aromatic carbocycles. The first-order valence-corrected chi connectivity index (χ1v) is 12.8. The highest BCUT2D eigenvalue weighted by atomic mass is 28.5. The van der Waals surface area contributed by atoms with E-state index in [1.165, 1.54) is 0 Å². The molecule has 0 heterocycles. The molecule has 0 aromatic rings. The van der Waals surface area contributed by atoms with Gasteiger partial charge in [-0.3, -0.25) is 0 Å². The van der Waals surface area contributed by atoms with Gasteiger partial charge in [-0.15, -0.1) is 0 Å². The van der Waals surface area contributed by atoms with Gasteiger partial charge < -0.3 is 17.8 Å². The summed E-state index contributed by atoms with van der Waals surface area (Å²) in [6, 6.07) is 0. The van der Waals surface area contributed by atoms with Gasteiger partial charge >= 0.3 is 25.7 Å². The van der Waals surface area contributed by atoms with Gasteiger partial charge in [0.05, 0.1) is 0 Å². The van der Waals surface area contributed by atoms with E-state index in [1.807, 2.05) is 13.1 Å². The normalized spacial score (nSPS) is 13.7. The zero-order valence-electron chi connectivity index (χ0n) is 9.21. The van der Waals surface area contributed by atoms with Crippen LogP contribution in [0.5, 0.6) is 0 Å². The van der Waals surface area contributed by atoms with E-state index in [0.29, 0.717) is 0 Å². The van der Waals surface area contributed by atoms with Crippen molar-refractivity contribution >= 4 is 25.7 Å². The van der Waals surface area contributed by atoms with E-state index in [4.69, 9.17) is 8.23 Å². The van der Waals surface area contributed by atoms with Crippen LogP contribution in [-0.2, 0) is 8.23 Å². The van der Waals surface area contributed by atoms with Crippen molar-refractivity contribution in [3.63, 3.8) is 0 Å². The van der Waals surface area contributed by atoms with Crippen LogP contribution in [0, 0.1) is 0 Å². The van der Waals surface area contributed by atoms with Crippen molar-refractivity contribution in [3.05, 3.63) is 0 Å². The van der Waals surface area contributed by atoms with Crippen molar-refractivity contribution in [2.75, 3.05) is 0 Å². The van der Waals surface area contributed by atoms with Crippen LogP contribution in [0.2, 0.25) is 39.3 Å². The average molecular weight is 257 g/mol. The summed E-state index contributed by atoms with van der Waals surface area (Å²) in [7, 11) is -7.44. The summed E-state index contributed by atoms with van der Waals surface area (Å²) in [4.78, 5) is 19.1. The van der Waals surface area contributed by atoms with Crippen LogP contribution in [0.15, 0.2) is 0 Å². The second-order valence-corrected chi connectivity index (χ2v) is 14.7. The van der Waals surface area contributed by atoms with Gasteiger partial charge in [0.1, 0.15) is 0 Å². The predicted octanol–water partition coefficient (Wildman–Crippen LogP) is 1.75. The Bertz CT molecular complexity index is 153. The summed E-state index contributed by atoms with van der Waals surface area (Å²) in [5.41, 5.74) is 0. The lowest BCUT2D eigenvalue weighted by molar-refractivity contribution is 0.294. The lowest BCUT2D eigenvalue weighted by Crippen LogP contribution is -2.52. The Morgan fingerprint density at radius 2 is 0.929 bits per heavy atom. The summed E-state index contributed by atoms with van der Waals surface area (Å²) in [5, 5.41) is 0. The number of rotatable bonds is 4. The molecule has 0 fully saturated rings. The van der Waals surface area contributed by atoms with Gasteiger partial charge in [-0.1, -0.05) is 7.43 Å². The molecule has 0 rings (SSSR count). The Morgan fingerprint density at radius 3 is 1.07 bits per heavy atom. The summed E-state index contributed by atoms with van der Waals surface area (Å²) < 4.78 is 11.0. The fourth-order valence-electron chi connectivity index (χ4n) is 1.22. The fourth-order valence-corrected chi connectivity index (χ4v) is 11.4. The van der Waals surface area contributed by atoms with Gasteiger partial charge in [-0.2, -0.15) is 0 Å². The lowest BCUT2D eigenvalue weighted by atomic mass is 11.9. The molecular formula is C7H24O4Si3. The number of hydrogen-bond donors (Lipinski definition) is 2. The van der Waals surface area contributed by atoms with Crippen molar-refractivity contribution < 1.29 is 17.8 Å². The van der Waals surface area contributed by atoms with Gasteiger partial charge in [-0.05, 0) is 39.3 Å². The topological polar surface area (TPSA) is 58.9 Å². The second kappa shape index (κ2) is 5.01. The van der Waals surface area contributed by atoms with Crippen molar-refractivity contribution in [1.29, 1.82) is 0 Å². The van der Waals surface area contributed by atoms with E-state index >= 15 is 0 Å². The molecule has 0 atom stereocenters. The zero-order chi connectivity index (χ0) is 10.9. The molecule has 0 amide bonds. The molecule has 0 aliphatic carbocycles. The molecular weight excluding hydrogens is 232 g/mol. The van der Waals surface area contributed by atoms with Gasteiger partial charge in [0.15, 0.2) is 0 Å². The van der Waals surface area contributed by atoms with Crippen molar-refractivity contribution in [3.8, 4) is 0 Å². The third kappa shape index (κ3) is 10.6. The minimum Gasteiger partial charge on any atom is -0.416 e. The van der Waals surface area contributed by atoms with Crippen molar-refractivity contribution in [1.82, 2.24) is 0 Å². The van der Waals surface area contributed by atoms with E-state index in [9.17, 15) is 9.59 Å². The van der Waals surface area contributed by atoms with E-state index in [0.717, 1.165) is 0 Å². The maximum absolute atomic E-state index is 9.56.